The molecule has 1 amide bonds. The highest BCUT2D eigenvalue weighted by Crippen LogP contribution is 2.36. The van der Waals surface area contributed by atoms with Gasteiger partial charge in [-0.15, -0.1) is 5.10 Å². The molecule has 1 unspecified atom stereocenters. The number of carbonyl (C=O) groups is 2. The largest absolute Gasteiger partial charge is 0.468 e. The van der Waals surface area contributed by atoms with E-state index in [1.54, 1.807) is 11.0 Å². The fraction of sp³-hybridized carbons (Fsp3) is 0.294. The smallest absolute Gasteiger partial charge is 0.318 e. The van der Waals surface area contributed by atoms with Crippen molar-refractivity contribution >= 4 is 11.9 Å². The zero-order chi connectivity index (χ0) is 18.9. The van der Waals surface area contributed by atoms with Crippen LogP contribution >= 0.6 is 0 Å². The highest BCUT2D eigenvalue weighted by molar-refractivity contribution is 5.94. The first-order chi connectivity index (χ1) is 13.1. The molecule has 27 heavy (non-hydrogen) atoms. The minimum Gasteiger partial charge on any atom is -0.468 e. The third kappa shape index (κ3) is 2.84. The van der Waals surface area contributed by atoms with E-state index in [4.69, 9.17) is 4.74 Å². The van der Waals surface area contributed by atoms with Gasteiger partial charge in [0, 0.05) is 19.2 Å². The zero-order valence-corrected chi connectivity index (χ0v) is 14.6. The first-order valence-corrected chi connectivity index (χ1v) is 8.36. The normalized spacial score (nSPS) is 19.2. The maximum absolute atomic E-state index is 12.9. The summed E-state index contributed by atoms with van der Waals surface area (Å²) in [5.74, 6) is -0.184. The van der Waals surface area contributed by atoms with Crippen molar-refractivity contribution in [2.45, 2.75) is 11.8 Å². The maximum atomic E-state index is 12.9. The summed E-state index contributed by atoms with van der Waals surface area (Å²) in [5.41, 5.74) is 0.269. The number of H-pyrrole nitrogens is 1. The molecule has 1 aliphatic heterocycles. The Morgan fingerprint density at radius 2 is 2.07 bits per heavy atom. The summed E-state index contributed by atoms with van der Waals surface area (Å²) in [7, 11) is 1.37. The van der Waals surface area contributed by atoms with Crippen LogP contribution in [-0.2, 0) is 14.9 Å². The van der Waals surface area contributed by atoms with Crippen molar-refractivity contribution in [1.29, 1.82) is 0 Å². The number of rotatable bonds is 4. The Hall–Kier alpha value is -3.56. The molecule has 10 heteroatoms. The van der Waals surface area contributed by atoms with Crippen LogP contribution in [0.4, 0.5) is 0 Å². The minimum atomic E-state index is -0.871. The predicted octanol–water partition coefficient (Wildman–Crippen LogP) is 0.342. The molecule has 2 aromatic heterocycles. The van der Waals surface area contributed by atoms with Gasteiger partial charge >= 0.3 is 5.97 Å². The van der Waals surface area contributed by atoms with Crippen LogP contribution in [0.1, 0.15) is 22.5 Å². The van der Waals surface area contributed by atoms with Crippen LogP contribution in [0, 0.1) is 0 Å². The third-order valence-electron chi connectivity index (χ3n) is 4.84. The molecule has 1 aromatic carbocycles. The van der Waals surface area contributed by atoms with Gasteiger partial charge < -0.3 is 9.64 Å². The van der Waals surface area contributed by atoms with Crippen LogP contribution < -0.4 is 0 Å². The molecule has 3 heterocycles. The van der Waals surface area contributed by atoms with Crippen LogP contribution in [0.3, 0.4) is 0 Å². The molecule has 1 fully saturated rings. The van der Waals surface area contributed by atoms with Crippen molar-refractivity contribution in [3.05, 3.63) is 54.0 Å². The lowest BCUT2D eigenvalue weighted by Crippen LogP contribution is -2.41. The lowest BCUT2D eigenvalue weighted by atomic mass is 9.79. The summed E-state index contributed by atoms with van der Waals surface area (Å²) in [5, 5.41) is 17.6. The molecular formula is C17H17N7O3. The third-order valence-corrected chi connectivity index (χ3v) is 4.84. The average molecular weight is 367 g/mol. The Morgan fingerprint density at radius 3 is 2.78 bits per heavy atom. The van der Waals surface area contributed by atoms with Gasteiger partial charge in [0.2, 0.25) is 0 Å². The second kappa shape index (κ2) is 6.63. The number of nitrogens with zero attached hydrogens (tertiary/aromatic N) is 6. The Labute approximate surface area is 154 Å². The second-order valence-corrected chi connectivity index (χ2v) is 6.31. The van der Waals surface area contributed by atoms with Crippen molar-refractivity contribution < 1.29 is 14.3 Å². The van der Waals surface area contributed by atoms with E-state index < -0.39 is 5.41 Å². The van der Waals surface area contributed by atoms with Gasteiger partial charge in [0.15, 0.2) is 5.82 Å². The van der Waals surface area contributed by atoms with Gasteiger partial charge in [-0.1, -0.05) is 30.3 Å². The monoisotopic (exact) mass is 367 g/mol. The summed E-state index contributed by atoms with van der Waals surface area (Å²) < 4.78 is 6.40. The second-order valence-electron chi connectivity index (χ2n) is 6.31. The number of tetrazole rings is 1. The van der Waals surface area contributed by atoms with Crippen molar-refractivity contribution in [2.24, 2.45) is 0 Å². The van der Waals surface area contributed by atoms with E-state index >= 15 is 0 Å². The van der Waals surface area contributed by atoms with Gasteiger partial charge in [0.05, 0.1) is 7.11 Å². The first-order valence-electron chi connectivity index (χ1n) is 8.36. The van der Waals surface area contributed by atoms with Gasteiger partial charge in [-0.25, -0.2) is 0 Å². The van der Waals surface area contributed by atoms with Gasteiger partial charge in [0.1, 0.15) is 17.4 Å². The SMILES string of the molecule is COC(=O)C1(c2ccccc2)CCN(C(=O)c2cc(-n3cnnn3)n[nH]2)C1. The topological polar surface area (TPSA) is 119 Å². The summed E-state index contributed by atoms with van der Waals surface area (Å²) in [6.45, 7) is 0.670. The molecule has 0 aliphatic carbocycles. The predicted molar refractivity (Wildman–Crippen MR) is 92.0 cm³/mol. The molecule has 4 rings (SSSR count). The lowest BCUT2D eigenvalue weighted by Gasteiger charge is -2.26. The van der Waals surface area contributed by atoms with Gasteiger partial charge in [-0.2, -0.15) is 9.78 Å². The van der Waals surface area contributed by atoms with Gasteiger partial charge in [0.25, 0.3) is 5.91 Å². The van der Waals surface area contributed by atoms with Gasteiger partial charge in [-0.05, 0) is 22.4 Å². The van der Waals surface area contributed by atoms with Crippen LogP contribution in [0.15, 0.2) is 42.7 Å². The van der Waals surface area contributed by atoms with Crippen LogP contribution in [0.25, 0.3) is 5.82 Å². The Bertz CT molecular complexity index is 954. The number of aromatic nitrogens is 6. The first kappa shape index (κ1) is 16.9. The standard InChI is InChI=1S/C17H17N7O3/c1-27-16(26)17(12-5-3-2-4-6-12)7-8-23(10-17)15(25)13-9-14(20-19-13)24-11-18-21-22-24/h2-6,9,11H,7-8,10H2,1H3,(H,19,20). The number of methoxy groups -OCH3 is 1. The van der Waals surface area contributed by atoms with E-state index in [0.717, 1.165) is 5.56 Å². The summed E-state index contributed by atoms with van der Waals surface area (Å²) in [6.07, 6.45) is 1.88. The lowest BCUT2D eigenvalue weighted by molar-refractivity contribution is -0.147. The molecule has 0 radical (unpaired) electrons. The molecule has 1 atom stereocenters. The molecule has 1 saturated heterocycles. The molecule has 0 spiro atoms. The average Bonchev–Trinajstić information content (AvgIpc) is 3.47. The van der Waals surface area contributed by atoms with E-state index in [-0.39, 0.29) is 18.4 Å². The Kier molecular flexibility index (Phi) is 4.15. The van der Waals surface area contributed by atoms with E-state index in [9.17, 15) is 9.59 Å². The van der Waals surface area contributed by atoms with E-state index in [1.807, 2.05) is 30.3 Å². The number of esters is 1. The number of carbonyl (C=O) groups excluding carboxylic acids is 2. The van der Waals surface area contributed by atoms with E-state index in [2.05, 4.69) is 25.7 Å². The highest BCUT2D eigenvalue weighted by atomic mass is 16.5. The quantitative estimate of drug-likeness (QED) is 0.661. The fourth-order valence-corrected chi connectivity index (χ4v) is 3.43. The number of ether oxygens (including phenoxy) is 1. The molecule has 1 N–H and O–H groups in total. The molecule has 0 bridgehead atoms. The molecule has 3 aromatic rings. The highest BCUT2D eigenvalue weighted by Gasteiger charge is 2.48. The van der Waals surface area contributed by atoms with Crippen molar-refractivity contribution in [3.63, 3.8) is 0 Å². The minimum absolute atomic E-state index is 0.238. The van der Waals surface area contributed by atoms with Crippen molar-refractivity contribution in [2.75, 3.05) is 20.2 Å². The number of hydrogen-bond donors (Lipinski definition) is 1. The van der Waals surface area contributed by atoms with Crippen LogP contribution in [0.2, 0.25) is 0 Å². The fourth-order valence-electron chi connectivity index (χ4n) is 3.43. The summed E-state index contributed by atoms with van der Waals surface area (Å²) >= 11 is 0. The number of hydrogen-bond acceptors (Lipinski definition) is 7. The zero-order valence-electron chi connectivity index (χ0n) is 14.6. The molecular weight excluding hydrogens is 350 g/mol. The Balaban J connectivity index is 1.59. The molecule has 138 valence electrons. The number of nitrogens with one attached hydrogen (secondary N) is 1. The van der Waals surface area contributed by atoms with Crippen molar-refractivity contribution in [1.82, 2.24) is 35.3 Å². The number of aromatic amines is 1. The number of amides is 1. The van der Waals surface area contributed by atoms with Crippen LogP contribution in [0.5, 0.6) is 0 Å². The summed E-state index contributed by atoms with van der Waals surface area (Å²) in [6, 6.07) is 11.0. The molecule has 0 saturated carbocycles. The van der Waals surface area contributed by atoms with Crippen LogP contribution in [-0.4, -0.2) is 67.4 Å². The number of likely N-dealkylation sites (tertiary alicyclic amines) is 1. The molecule has 1 aliphatic rings. The summed E-state index contributed by atoms with van der Waals surface area (Å²) in [4.78, 5) is 27.1. The van der Waals surface area contributed by atoms with Crippen molar-refractivity contribution in [3.8, 4) is 5.82 Å². The van der Waals surface area contributed by atoms with E-state index in [0.29, 0.717) is 24.5 Å². The number of benzene rings is 1. The van der Waals surface area contributed by atoms with Gasteiger partial charge in [-0.3, -0.25) is 14.7 Å². The Morgan fingerprint density at radius 1 is 1.26 bits per heavy atom. The molecule has 10 nitrogen and oxygen atoms in total. The van der Waals surface area contributed by atoms with E-state index in [1.165, 1.54) is 18.1 Å². The maximum Gasteiger partial charge on any atom is 0.318 e.